The zero-order valence-electron chi connectivity index (χ0n) is 14.4. The van der Waals surface area contributed by atoms with Gasteiger partial charge in [0, 0.05) is 18.2 Å². The zero-order valence-corrected chi connectivity index (χ0v) is 15.2. The van der Waals surface area contributed by atoms with Crippen LogP contribution in [0.3, 0.4) is 0 Å². The molecule has 1 aromatic rings. The van der Waals surface area contributed by atoms with E-state index in [2.05, 4.69) is 15.8 Å². The number of hydrogen-bond acceptors (Lipinski definition) is 5. The SMILES string of the molecule is COc1cc(OC)c(/C=N\NC(=S)NC2CCCCC2)c(OC)c1. The van der Waals surface area contributed by atoms with Crippen LogP contribution >= 0.6 is 12.2 Å². The van der Waals surface area contributed by atoms with Gasteiger partial charge < -0.3 is 19.5 Å². The lowest BCUT2D eigenvalue weighted by molar-refractivity contribution is 0.374. The first-order chi connectivity index (χ1) is 11.7. The highest BCUT2D eigenvalue weighted by Crippen LogP contribution is 2.32. The number of hydrazone groups is 1. The summed E-state index contributed by atoms with van der Waals surface area (Å²) >= 11 is 5.29. The van der Waals surface area contributed by atoms with Gasteiger partial charge in [-0.3, -0.25) is 5.43 Å². The van der Waals surface area contributed by atoms with Gasteiger partial charge in [-0.15, -0.1) is 0 Å². The van der Waals surface area contributed by atoms with Crippen LogP contribution in [0.25, 0.3) is 0 Å². The summed E-state index contributed by atoms with van der Waals surface area (Å²) in [5, 5.41) is 8.04. The first kappa shape index (κ1) is 18.3. The number of hydrogen-bond donors (Lipinski definition) is 2. The minimum atomic E-state index is 0.444. The molecule has 0 bridgehead atoms. The first-order valence-corrected chi connectivity index (χ1v) is 8.48. The summed E-state index contributed by atoms with van der Waals surface area (Å²) in [6.07, 6.45) is 7.77. The monoisotopic (exact) mass is 351 g/mol. The Hall–Kier alpha value is -2.02. The van der Waals surface area contributed by atoms with Crippen molar-refractivity contribution in [3.05, 3.63) is 17.7 Å². The number of methoxy groups -OCH3 is 3. The molecule has 1 aliphatic carbocycles. The zero-order chi connectivity index (χ0) is 17.4. The van der Waals surface area contributed by atoms with E-state index in [0.717, 1.165) is 12.8 Å². The van der Waals surface area contributed by atoms with E-state index in [0.29, 0.717) is 34.0 Å². The molecule has 7 heteroatoms. The van der Waals surface area contributed by atoms with E-state index in [4.69, 9.17) is 26.4 Å². The van der Waals surface area contributed by atoms with Crippen LogP contribution in [0.15, 0.2) is 17.2 Å². The predicted molar refractivity (Wildman–Crippen MR) is 99.4 cm³/mol. The van der Waals surface area contributed by atoms with Gasteiger partial charge in [-0.05, 0) is 25.1 Å². The number of rotatable bonds is 6. The van der Waals surface area contributed by atoms with Crippen molar-refractivity contribution >= 4 is 23.5 Å². The topological polar surface area (TPSA) is 64.1 Å². The summed E-state index contributed by atoms with van der Waals surface area (Å²) in [4.78, 5) is 0. The van der Waals surface area contributed by atoms with Gasteiger partial charge in [0.05, 0.1) is 33.1 Å². The van der Waals surface area contributed by atoms with Gasteiger partial charge >= 0.3 is 0 Å². The lowest BCUT2D eigenvalue weighted by Gasteiger charge is -2.23. The molecule has 0 atom stereocenters. The Balaban J connectivity index is 2.01. The third-order valence-electron chi connectivity index (χ3n) is 4.05. The van der Waals surface area contributed by atoms with E-state index in [9.17, 15) is 0 Å². The molecule has 0 unspecified atom stereocenters. The van der Waals surface area contributed by atoms with Gasteiger partial charge in [0.2, 0.25) is 0 Å². The molecule has 1 aromatic carbocycles. The lowest BCUT2D eigenvalue weighted by atomic mass is 9.96. The minimum absolute atomic E-state index is 0.444. The second-order valence-electron chi connectivity index (χ2n) is 5.62. The van der Waals surface area contributed by atoms with Gasteiger partial charge in [-0.1, -0.05) is 19.3 Å². The summed E-state index contributed by atoms with van der Waals surface area (Å²) in [5.41, 5.74) is 3.57. The standard InChI is InChI=1S/C17H25N3O3S/c1-21-13-9-15(22-2)14(16(10-13)23-3)11-18-20-17(24)19-12-7-5-4-6-8-12/h9-12H,4-8H2,1-3H3,(H2,19,20,24)/b18-11-. The Kier molecular flexibility index (Phi) is 7.11. The van der Waals surface area contributed by atoms with Crippen LogP contribution in [0, 0.1) is 0 Å². The molecule has 24 heavy (non-hydrogen) atoms. The highest BCUT2D eigenvalue weighted by molar-refractivity contribution is 7.80. The number of thiocarbonyl (C=S) groups is 1. The summed E-state index contributed by atoms with van der Waals surface area (Å²) < 4.78 is 16.0. The fourth-order valence-electron chi connectivity index (χ4n) is 2.78. The number of benzene rings is 1. The Morgan fingerprint density at radius 2 is 1.71 bits per heavy atom. The van der Waals surface area contributed by atoms with Crippen molar-refractivity contribution in [2.45, 2.75) is 38.1 Å². The van der Waals surface area contributed by atoms with E-state index < -0.39 is 0 Å². The average Bonchev–Trinajstić information content (AvgIpc) is 2.62. The Morgan fingerprint density at radius 3 is 2.25 bits per heavy atom. The molecule has 2 rings (SSSR count). The van der Waals surface area contributed by atoms with Gasteiger partial charge in [0.25, 0.3) is 0 Å². The van der Waals surface area contributed by atoms with Crippen LogP contribution in [-0.2, 0) is 0 Å². The van der Waals surface area contributed by atoms with Crippen molar-refractivity contribution in [2.75, 3.05) is 21.3 Å². The molecular weight excluding hydrogens is 326 g/mol. The highest BCUT2D eigenvalue weighted by atomic mass is 32.1. The van der Waals surface area contributed by atoms with Gasteiger partial charge in [0.15, 0.2) is 5.11 Å². The van der Waals surface area contributed by atoms with Crippen molar-refractivity contribution in [3.8, 4) is 17.2 Å². The molecule has 0 aliphatic heterocycles. The predicted octanol–water partition coefficient (Wildman–Crippen LogP) is 2.84. The van der Waals surface area contributed by atoms with Crippen LogP contribution in [0.2, 0.25) is 0 Å². The molecular formula is C17H25N3O3S. The van der Waals surface area contributed by atoms with Crippen molar-refractivity contribution in [2.24, 2.45) is 5.10 Å². The number of nitrogens with zero attached hydrogens (tertiary/aromatic N) is 1. The molecule has 132 valence electrons. The molecule has 0 heterocycles. The maximum atomic E-state index is 5.38. The van der Waals surface area contributed by atoms with Crippen molar-refractivity contribution in [1.29, 1.82) is 0 Å². The van der Waals surface area contributed by atoms with Gasteiger partial charge in [-0.2, -0.15) is 5.10 Å². The van der Waals surface area contributed by atoms with Crippen LogP contribution < -0.4 is 25.0 Å². The number of ether oxygens (including phenoxy) is 3. The quantitative estimate of drug-likeness (QED) is 0.467. The smallest absolute Gasteiger partial charge is 0.187 e. The second-order valence-corrected chi connectivity index (χ2v) is 6.03. The molecule has 2 N–H and O–H groups in total. The number of nitrogens with one attached hydrogen (secondary N) is 2. The van der Waals surface area contributed by atoms with Gasteiger partial charge in [0.1, 0.15) is 17.2 Å². The van der Waals surface area contributed by atoms with Crippen LogP contribution in [0.4, 0.5) is 0 Å². The molecule has 6 nitrogen and oxygen atoms in total. The Labute approximate surface area is 148 Å². The molecule has 0 aromatic heterocycles. The first-order valence-electron chi connectivity index (χ1n) is 8.07. The molecule has 1 aliphatic rings. The average molecular weight is 351 g/mol. The molecule has 0 radical (unpaired) electrons. The molecule has 0 spiro atoms. The van der Waals surface area contributed by atoms with Crippen LogP contribution in [0.5, 0.6) is 17.2 Å². The molecule has 1 saturated carbocycles. The van der Waals surface area contributed by atoms with Gasteiger partial charge in [-0.25, -0.2) is 0 Å². The summed E-state index contributed by atoms with van der Waals surface area (Å²) in [7, 11) is 4.78. The van der Waals surface area contributed by atoms with Crippen LogP contribution in [0.1, 0.15) is 37.7 Å². The second kappa shape index (κ2) is 9.32. The third-order valence-corrected chi connectivity index (χ3v) is 4.26. The van der Waals surface area contributed by atoms with E-state index in [-0.39, 0.29) is 0 Å². The Bertz CT molecular complexity index is 561. The Morgan fingerprint density at radius 1 is 1.08 bits per heavy atom. The fourth-order valence-corrected chi connectivity index (χ4v) is 3.00. The fraction of sp³-hybridized carbons (Fsp3) is 0.529. The summed E-state index contributed by atoms with van der Waals surface area (Å²) in [6.45, 7) is 0. The van der Waals surface area contributed by atoms with Crippen molar-refractivity contribution < 1.29 is 14.2 Å². The largest absolute Gasteiger partial charge is 0.496 e. The molecule has 1 fully saturated rings. The maximum Gasteiger partial charge on any atom is 0.187 e. The summed E-state index contributed by atoms with van der Waals surface area (Å²) in [5.74, 6) is 1.88. The van der Waals surface area contributed by atoms with E-state index in [1.54, 1.807) is 39.7 Å². The normalized spacial score (nSPS) is 15.1. The highest BCUT2D eigenvalue weighted by Gasteiger charge is 2.14. The van der Waals surface area contributed by atoms with E-state index in [1.807, 2.05) is 0 Å². The molecule has 0 saturated heterocycles. The third kappa shape index (κ3) is 4.99. The molecule has 0 amide bonds. The summed E-state index contributed by atoms with van der Waals surface area (Å²) in [6, 6.07) is 4.00. The lowest BCUT2D eigenvalue weighted by Crippen LogP contribution is -2.40. The van der Waals surface area contributed by atoms with Crippen molar-refractivity contribution in [3.63, 3.8) is 0 Å². The van der Waals surface area contributed by atoms with E-state index in [1.165, 1.54) is 19.3 Å². The van der Waals surface area contributed by atoms with Crippen LogP contribution in [-0.4, -0.2) is 38.7 Å². The van der Waals surface area contributed by atoms with E-state index >= 15 is 0 Å². The van der Waals surface area contributed by atoms with Crippen molar-refractivity contribution in [1.82, 2.24) is 10.7 Å². The minimum Gasteiger partial charge on any atom is -0.496 e. The maximum absolute atomic E-state index is 5.38.